The minimum Gasteiger partial charge on any atom is -0.322 e. The molecule has 0 aliphatic rings. The molecule has 0 saturated heterocycles. The second-order valence-electron chi connectivity index (χ2n) is 4.18. The topological polar surface area (TPSA) is 3.24 Å². The van der Waals surface area contributed by atoms with Crippen molar-refractivity contribution in [3.8, 4) is 0 Å². The van der Waals surface area contributed by atoms with Crippen LogP contribution in [0.5, 0.6) is 0 Å². The van der Waals surface area contributed by atoms with E-state index in [1.807, 2.05) is 0 Å². The number of hydrogen-bond acceptors (Lipinski definition) is 1. The largest absolute Gasteiger partial charge is 0.322 e. The molecule has 2 heteroatoms. The van der Waals surface area contributed by atoms with Gasteiger partial charge in [0.15, 0.2) is 9.68 Å². The second-order valence-corrected chi connectivity index (χ2v) is 5.58. The fourth-order valence-electron chi connectivity index (χ4n) is 1.80. The Balaban J connectivity index is 2.86. The highest BCUT2D eigenvalue weighted by atomic mass is 28.2. The quantitative estimate of drug-likeness (QED) is 0.683. The molecule has 88 valence electrons. The molecule has 2 radical (unpaired) electrons. The van der Waals surface area contributed by atoms with E-state index in [1.165, 1.54) is 17.2 Å². The number of rotatable bonds is 6. The van der Waals surface area contributed by atoms with Crippen LogP contribution < -0.4 is 5.19 Å². The van der Waals surface area contributed by atoms with E-state index in [4.69, 9.17) is 0 Å². The lowest BCUT2D eigenvalue weighted by Gasteiger charge is -2.20. The molecule has 0 saturated carbocycles. The van der Waals surface area contributed by atoms with Crippen LogP contribution >= 0.6 is 0 Å². The van der Waals surface area contributed by atoms with Crippen LogP contribution in [-0.2, 0) is 0 Å². The van der Waals surface area contributed by atoms with Crippen LogP contribution in [0.4, 0.5) is 0 Å². The lowest BCUT2D eigenvalue weighted by molar-refractivity contribution is 0.498. The Morgan fingerprint density at radius 1 is 1.12 bits per heavy atom. The summed E-state index contributed by atoms with van der Waals surface area (Å²) in [4.78, 5) is 0. The van der Waals surface area contributed by atoms with Crippen LogP contribution in [-0.4, -0.2) is 27.3 Å². The van der Waals surface area contributed by atoms with Crippen molar-refractivity contribution >= 4 is 14.9 Å². The van der Waals surface area contributed by atoms with Gasteiger partial charge in [0.05, 0.1) is 0 Å². The number of hydrogen-bond donors (Lipinski definition) is 0. The summed E-state index contributed by atoms with van der Waals surface area (Å²) in [5.74, 6) is 0.680. The minimum atomic E-state index is 0.680. The van der Waals surface area contributed by atoms with Gasteiger partial charge in [-0.3, -0.25) is 0 Å². The van der Waals surface area contributed by atoms with Crippen LogP contribution in [0.1, 0.15) is 45.6 Å². The fraction of sp³-hybridized carbons (Fsp3) is 0.571. The molecule has 1 aromatic rings. The van der Waals surface area contributed by atoms with Crippen LogP contribution in [0, 0.1) is 0 Å². The predicted molar refractivity (Wildman–Crippen MR) is 73.5 cm³/mol. The Kier molecular flexibility index (Phi) is 5.78. The maximum Gasteiger partial charge on any atom is 0.182 e. The molecule has 0 bridgehead atoms. The summed E-state index contributed by atoms with van der Waals surface area (Å²) in [5.41, 5.74) is 1.54. The molecule has 0 heterocycles. The molecule has 0 aromatic heterocycles. The highest BCUT2D eigenvalue weighted by Crippen LogP contribution is 2.16. The van der Waals surface area contributed by atoms with Crippen molar-refractivity contribution in [1.82, 2.24) is 4.57 Å². The SMILES string of the molecule is CCC(C)c1ccccc1[Si]N(CC)CC. The standard InChI is InChI=1S/C14H23NSi/c1-5-12(4)13-10-8-9-11-14(13)16-15(6-2)7-3/h8-12H,5-7H2,1-4H3. The van der Waals surface area contributed by atoms with Gasteiger partial charge in [-0.1, -0.05) is 52.0 Å². The smallest absolute Gasteiger partial charge is 0.182 e. The minimum absolute atomic E-state index is 0.680. The van der Waals surface area contributed by atoms with Gasteiger partial charge in [0.25, 0.3) is 0 Å². The van der Waals surface area contributed by atoms with Gasteiger partial charge in [-0.05, 0) is 36.2 Å². The van der Waals surface area contributed by atoms with Crippen LogP contribution in [0.3, 0.4) is 0 Å². The first-order valence-corrected chi connectivity index (χ1v) is 7.28. The normalized spacial score (nSPS) is 13.1. The molecule has 0 fully saturated rings. The molecule has 0 aliphatic heterocycles. The lowest BCUT2D eigenvalue weighted by atomic mass is 9.99. The zero-order valence-corrected chi connectivity index (χ0v) is 12.0. The Hall–Kier alpha value is -0.603. The first-order chi connectivity index (χ1) is 7.72. The van der Waals surface area contributed by atoms with Crippen molar-refractivity contribution in [3.63, 3.8) is 0 Å². The van der Waals surface area contributed by atoms with E-state index in [-0.39, 0.29) is 0 Å². The average Bonchev–Trinajstić information content (AvgIpc) is 2.35. The molecular weight excluding hydrogens is 210 g/mol. The maximum atomic E-state index is 2.50. The predicted octanol–water partition coefficient (Wildman–Crippen LogP) is 2.79. The van der Waals surface area contributed by atoms with Crippen molar-refractivity contribution < 1.29 is 0 Å². The molecule has 1 atom stereocenters. The van der Waals surface area contributed by atoms with Crippen molar-refractivity contribution in [2.45, 2.75) is 40.0 Å². The van der Waals surface area contributed by atoms with Gasteiger partial charge < -0.3 is 4.57 Å². The fourth-order valence-corrected chi connectivity index (χ4v) is 3.09. The Morgan fingerprint density at radius 2 is 1.75 bits per heavy atom. The average molecular weight is 233 g/mol. The van der Waals surface area contributed by atoms with Gasteiger partial charge in [0, 0.05) is 0 Å². The number of nitrogens with zero attached hydrogens (tertiary/aromatic N) is 1. The lowest BCUT2D eigenvalue weighted by Crippen LogP contribution is -2.37. The maximum absolute atomic E-state index is 2.50. The van der Waals surface area contributed by atoms with E-state index in [9.17, 15) is 0 Å². The molecule has 16 heavy (non-hydrogen) atoms. The first kappa shape index (κ1) is 13.5. The molecule has 1 rings (SSSR count). The third kappa shape index (κ3) is 3.46. The Labute approximate surface area is 103 Å². The number of benzene rings is 1. The molecule has 1 unspecified atom stereocenters. The summed E-state index contributed by atoms with van der Waals surface area (Å²) < 4.78 is 2.50. The van der Waals surface area contributed by atoms with Crippen LogP contribution in [0.2, 0.25) is 0 Å². The molecule has 0 N–H and O–H groups in total. The summed E-state index contributed by atoms with van der Waals surface area (Å²) >= 11 is 0. The molecule has 1 nitrogen and oxygen atoms in total. The zero-order valence-electron chi connectivity index (χ0n) is 11.0. The van der Waals surface area contributed by atoms with E-state index in [0.717, 1.165) is 22.8 Å². The van der Waals surface area contributed by atoms with E-state index in [1.54, 1.807) is 0 Å². The Bertz CT molecular complexity index is 307. The summed E-state index contributed by atoms with van der Waals surface area (Å²) in [6.45, 7) is 11.4. The van der Waals surface area contributed by atoms with Gasteiger partial charge in [-0.25, -0.2) is 0 Å². The molecule has 0 amide bonds. The summed E-state index contributed by atoms with van der Waals surface area (Å²) in [5, 5.41) is 1.53. The van der Waals surface area contributed by atoms with E-state index >= 15 is 0 Å². The monoisotopic (exact) mass is 233 g/mol. The van der Waals surface area contributed by atoms with Crippen molar-refractivity contribution in [2.75, 3.05) is 13.1 Å². The third-order valence-electron chi connectivity index (χ3n) is 3.15. The molecular formula is C14H23NSi. The highest BCUT2D eigenvalue weighted by Gasteiger charge is 2.11. The third-order valence-corrected chi connectivity index (χ3v) is 4.79. The van der Waals surface area contributed by atoms with Gasteiger partial charge in [-0.2, -0.15) is 0 Å². The van der Waals surface area contributed by atoms with E-state index in [0.29, 0.717) is 5.92 Å². The highest BCUT2D eigenvalue weighted by molar-refractivity contribution is 6.51. The Morgan fingerprint density at radius 3 is 2.31 bits per heavy atom. The summed E-state index contributed by atoms with van der Waals surface area (Å²) in [6, 6.07) is 8.91. The van der Waals surface area contributed by atoms with E-state index < -0.39 is 0 Å². The van der Waals surface area contributed by atoms with Gasteiger partial charge in [0.1, 0.15) is 0 Å². The molecule has 0 aliphatic carbocycles. The van der Waals surface area contributed by atoms with Crippen LogP contribution in [0.15, 0.2) is 24.3 Å². The van der Waals surface area contributed by atoms with Crippen molar-refractivity contribution in [1.29, 1.82) is 0 Å². The zero-order chi connectivity index (χ0) is 12.0. The van der Waals surface area contributed by atoms with Crippen LogP contribution in [0.25, 0.3) is 0 Å². The molecule has 0 spiro atoms. The second kappa shape index (κ2) is 6.87. The van der Waals surface area contributed by atoms with Gasteiger partial charge >= 0.3 is 0 Å². The summed E-state index contributed by atoms with van der Waals surface area (Å²) in [6.07, 6.45) is 1.22. The van der Waals surface area contributed by atoms with E-state index in [2.05, 4.69) is 56.5 Å². The van der Waals surface area contributed by atoms with Gasteiger partial charge in [0.2, 0.25) is 0 Å². The van der Waals surface area contributed by atoms with Crippen molar-refractivity contribution in [2.24, 2.45) is 0 Å². The molecule has 1 aromatic carbocycles. The van der Waals surface area contributed by atoms with Crippen molar-refractivity contribution in [3.05, 3.63) is 29.8 Å². The summed E-state index contributed by atoms with van der Waals surface area (Å²) in [7, 11) is 0.824. The van der Waals surface area contributed by atoms with Gasteiger partial charge in [-0.15, -0.1) is 0 Å². The first-order valence-electron chi connectivity index (χ1n) is 6.33.